The number of para-hydroxylation sites is 1. The minimum atomic E-state index is -0.706. The Morgan fingerprint density at radius 2 is 1.89 bits per heavy atom. The van der Waals surface area contributed by atoms with Crippen LogP contribution >= 0.6 is 0 Å². The zero-order valence-corrected chi connectivity index (χ0v) is 10.3. The molecule has 4 heteroatoms. The minimum absolute atomic E-state index is 0.0903. The summed E-state index contributed by atoms with van der Waals surface area (Å²) in [6, 6.07) is 11.7. The Kier molecular flexibility index (Phi) is 2.20. The van der Waals surface area contributed by atoms with Gasteiger partial charge in [0.25, 0.3) is 5.91 Å². The van der Waals surface area contributed by atoms with Gasteiger partial charge in [-0.3, -0.25) is 9.79 Å². The zero-order chi connectivity index (χ0) is 12.8. The molecule has 18 heavy (non-hydrogen) atoms. The summed E-state index contributed by atoms with van der Waals surface area (Å²) in [6.07, 6.45) is 0. The number of fused-ring (bicyclic) bond motifs is 1. The normalized spacial score (nSPS) is 17.7. The monoisotopic (exact) mass is 239 g/mol. The van der Waals surface area contributed by atoms with E-state index < -0.39 is 5.54 Å². The molecule has 1 aliphatic rings. The van der Waals surface area contributed by atoms with E-state index in [2.05, 4.69) is 15.3 Å². The van der Waals surface area contributed by atoms with Crippen molar-refractivity contribution in [3.8, 4) is 0 Å². The van der Waals surface area contributed by atoms with E-state index in [0.717, 1.165) is 10.9 Å². The lowest BCUT2D eigenvalue weighted by Crippen LogP contribution is -2.34. The summed E-state index contributed by atoms with van der Waals surface area (Å²) in [5.41, 5.74) is 0.895. The van der Waals surface area contributed by atoms with Crippen molar-refractivity contribution in [1.82, 2.24) is 10.3 Å². The molecular weight excluding hydrogens is 226 g/mol. The van der Waals surface area contributed by atoms with Crippen LogP contribution < -0.4 is 5.32 Å². The van der Waals surface area contributed by atoms with E-state index in [0.29, 0.717) is 11.5 Å². The SMILES string of the molecule is CC1(C)N=C(c2ccc3ccccc3n2)NC1=O. The first-order chi connectivity index (χ1) is 8.56. The molecule has 0 aliphatic carbocycles. The maximum Gasteiger partial charge on any atom is 0.252 e. The maximum absolute atomic E-state index is 11.7. The van der Waals surface area contributed by atoms with E-state index in [4.69, 9.17) is 0 Å². The Balaban J connectivity index is 2.09. The Morgan fingerprint density at radius 1 is 1.11 bits per heavy atom. The lowest BCUT2D eigenvalue weighted by Gasteiger charge is -2.07. The van der Waals surface area contributed by atoms with Gasteiger partial charge in [0.05, 0.1) is 5.52 Å². The van der Waals surface area contributed by atoms with E-state index in [1.165, 1.54) is 0 Å². The third-order valence-corrected chi connectivity index (χ3v) is 3.02. The van der Waals surface area contributed by atoms with Crippen LogP contribution in [0.15, 0.2) is 41.4 Å². The molecule has 0 radical (unpaired) electrons. The predicted molar refractivity (Wildman–Crippen MR) is 70.5 cm³/mol. The third-order valence-electron chi connectivity index (χ3n) is 3.02. The smallest absolute Gasteiger partial charge is 0.252 e. The van der Waals surface area contributed by atoms with Crippen LogP contribution in [0.25, 0.3) is 10.9 Å². The molecule has 0 bridgehead atoms. The van der Waals surface area contributed by atoms with Gasteiger partial charge < -0.3 is 5.32 Å². The molecule has 0 spiro atoms. The molecule has 1 aliphatic heterocycles. The Hall–Kier alpha value is -2.23. The highest BCUT2D eigenvalue weighted by molar-refractivity contribution is 6.14. The second-order valence-corrected chi connectivity index (χ2v) is 4.86. The highest BCUT2D eigenvalue weighted by Gasteiger charge is 2.34. The molecule has 1 N–H and O–H groups in total. The molecule has 1 amide bonds. The van der Waals surface area contributed by atoms with Gasteiger partial charge in [-0.15, -0.1) is 0 Å². The highest BCUT2D eigenvalue weighted by Crippen LogP contribution is 2.18. The summed E-state index contributed by atoms with van der Waals surface area (Å²) in [6.45, 7) is 3.58. The van der Waals surface area contributed by atoms with Crippen molar-refractivity contribution in [2.75, 3.05) is 0 Å². The first-order valence-electron chi connectivity index (χ1n) is 5.84. The molecular formula is C14H13N3O. The third kappa shape index (κ3) is 1.66. The Labute approximate surface area is 105 Å². The molecule has 0 saturated heterocycles. The van der Waals surface area contributed by atoms with E-state index in [1.807, 2.05) is 36.4 Å². The summed E-state index contributed by atoms with van der Waals surface area (Å²) in [5.74, 6) is 0.461. The quantitative estimate of drug-likeness (QED) is 0.826. The van der Waals surface area contributed by atoms with Crippen molar-refractivity contribution >= 4 is 22.6 Å². The fourth-order valence-electron chi connectivity index (χ4n) is 1.94. The number of aromatic nitrogens is 1. The largest absolute Gasteiger partial charge is 0.307 e. The van der Waals surface area contributed by atoms with Crippen LogP contribution in [0.5, 0.6) is 0 Å². The van der Waals surface area contributed by atoms with Crippen LogP contribution in [-0.2, 0) is 4.79 Å². The highest BCUT2D eigenvalue weighted by atomic mass is 16.2. The number of carbonyl (C=O) groups is 1. The van der Waals surface area contributed by atoms with Gasteiger partial charge in [0, 0.05) is 5.39 Å². The van der Waals surface area contributed by atoms with Gasteiger partial charge in [-0.05, 0) is 26.0 Å². The average Bonchev–Trinajstić information content (AvgIpc) is 2.63. The number of hydrogen-bond acceptors (Lipinski definition) is 3. The van der Waals surface area contributed by atoms with Gasteiger partial charge in [0.1, 0.15) is 11.2 Å². The summed E-state index contributed by atoms with van der Waals surface area (Å²) < 4.78 is 0. The number of carbonyl (C=O) groups excluding carboxylic acids is 1. The summed E-state index contributed by atoms with van der Waals surface area (Å²) in [7, 11) is 0. The number of nitrogens with zero attached hydrogens (tertiary/aromatic N) is 2. The topological polar surface area (TPSA) is 54.4 Å². The van der Waals surface area contributed by atoms with Crippen LogP contribution in [0.1, 0.15) is 19.5 Å². The van der Waals surface area contributed by atoms with Crippen LogP contribution in [0.4, 0.5) is 0 Å². The van der Waals surface area contributed by atoms with Gasteiger partial charge in [0.15, 0.2) is 5.84 Å². The first kappa shape index (κ1) is 10.9. The van der Waals surface area contributed by atoms with Crippen LogP contribution in [0.3, 0.4) is 0 Å². The van der Waals surface area contributed by atoms with Crippen molar-refractivity contribution in [3.05, 3.63) is 42.1 Å². The van der Waals surface area contributed by atoms with Crippen molar-refractivity contribution in [2.45, 2.75) is 19.4 Å². The number of rotatable bonds is 1. The fraction of sp³-hybridized carbons (Fsp3) is 0.214. The molecule has 2 aromatic rings. The molecule has 0 saturated carbocycles. The van der Waals surface area contributed by atoms with Gasteiger partial charge in [-0.1, -0.05) is 24.3 Å². The summed E-state index contributed by atoms with van der Waals surface area (Å²) >= 11 is 0. The van der Waals surface area contributed by atoms with E-state index in [9.17, 15) is 4.79 Å². The van der Waals surface area contributed by atoms with Crippen molar-refractivity contribution < 1.29 is 4.79 Å². The molecule has 3 rings (SSSR count). The molecule has 90 valence electrons. The van der Waals surface area contributed by atoms with Crippen LogP contribution in [0, 0.1) is 0 Å². The number of amides is 1. The molecule has 1 aromatic heterocycles. The number of hydrogen-bond donors (Lipinski definition) is 1. The standard InChI is InChI=1S/C14H13N3O/c1-14(2)13(18)16-12(17-14)11-8-7-9-5-3-4-6-10(9)15-11/h3-8H,1-2H3,(H,16,17,18). The molecule has 2 heterocycles. The first-order valence-corrected chi connectivity index (χ1v) is 5.84. The number of amidine groups is 1. The molecule has 0 fully saturated rings. The Bertz CT molecular complexity index is 674. The van der Waals surface area contributed by atoms with Crippen molar-refractivity contribution in [2.24, 2.45) is 4.99 Å². The van der Waals surface area contributed by atoms with Crippen molar-refractivity contribution in [3.63, 3.8) is 0 Å². The lowest BCUT2D eigenvalue weighted by atomic mass is 10.1. The molecule has 1 aromatic carbocycles. The molecule has 0 atom stereocenters. The summed E-state index contributed by atoms with van der Waals surface area (Å²) in [5, 5.41) is 3.85. The second kappa shape index (κ2) is 3.63. The zero-order valence-electron chi connectivity index (χ0n) is 10.3. The predicted octanol–water partition coefficient (Wildman–Crippen LogP) is 1.89. The van der Waals surface area contributed by atoms with Gasteiger partial charge in [-0.2, -0.15) is 0 Å². The number of benzene rings is 1. The van der Waals surface area contributed by atoms with E-state index in [1.54, 1.807) is 13.8 Å². The minimum Gasteiger partial charge on any atom is -0.307 e. The maximum atomic E-state index is 11.7. The van der Waals surface area contributed by atoms with E-state index in [-0.39, 0.29) is 5.91 Å². The van der Waals surface area contributed by atoms with Crippen LogP contribution in [0.2, 0.25) is 0 Å². The van der Waals surface area contributed by atoms with Crippen molar-refractivity contribution in [1.29, 1.82) is 0 Å². The van der Waals surface area contributed by atoms with Gasteiger partial charge in [-0.25, -0.2) is 4.98 Å². The number of aliphatic imine (C=N–C) groups is 1. The van der Waals surface area contributed by atoms with Gasteiger partial charge in [0.2, 0.25) is 0 Å². The van der Waals surface area contributed by atoms with E-state index >= 15 is 0 Å². The molecule has 0 unspecified atom stereocenters. The fourth-order valence-corrected chi connectivity index (χ4v) is 1.94. The second-order valence-electron chi connectivity index (χ2n) is 4.86. The van der Waals surface area contributed by atoms with Gasteiger partial charge >= 0.3 is 0 Å². The Morgan fingerprint density at radius 3 is 2.61 bits per heavy atom. The lowest BCUT2D eigenvalue weighted by molar-refractivity contribution is -0.122. The summed E-state index contributed by atoms with van der Waals surface area (Å²) in [4.78, 5) is 20.6. The molecule has 4 nitrogen and oxygen atoms in total. The van der Waals surface area contributed by atoms with Crippen LogP contribution in [-0.4, -0.2) is 22.3 Å². The average molecular weight is 239 g/mol. The number of nitrogens with one attached hydrogen (secondary N) is 1. The number of pyridine rings is 1.